The number of methoxy groups -OCH3 is 2. The second-order valence-corrected chi connectivity index (χ2v) is 8.52. The van der Waals surface area contributed by atoms with Gasteiger partial charge in [0.1, 0.15) is 0 Å². The van der Waals surface area contributed by atoms with E-state index in [1.807, 2.05) is 66.7 Å². The van der Waals surface area contributed by atoms with Crippen molar-refractivity contribution in [1.82, 2.24) is 9.88 Å². The molecule has 5 rings (SSSR count). The van der Waals surface area contributed by atoms with Crippen LogP contribution >= 0.6 is 0 Å². The molecule has 0 saturated carbocycles. The summed E-state index contributed by atoms with van der Waals surface area (Å²) in [6, 6.07) is 23.3. The molecule has 0 saturated heterocycles. The number of para-hydroxylation sites is 2. The van der Waals surface area contributed by atoms with Crippen molar-refractivity contribution >= 4 is 28.5 Å². The summed E-state index contributed by atoms with van der Waals surface area (Å²) in [5.41, 5.74) is 5.38. The van der Waals surface area contributed by atoms with Crippen LogP contribution in [0.4, 0.5) is 0 Å². The first-order valence-electron chi connectivity index (χ1n) is 11.4. The molecule has 35 heavy (non-hydrogen) atoms. The summed E-state index contributed by atoms with van der Waals surface area (Å²) >= 11 is 0. The molecule has 0 spiro atoms. The van der Waals surface area contributed by atoms with Gasteiger partial charge in [-0.3, -0.25) is 4.90 Å². The van der Waals surface area contributed by atoms with Crippen molar-refractivity contribution in [3.05, 3.63) is 101 Å². The van der Waals surface area contributed by atoms with E-state index in [1.54, 1.807) is 14.2 Å². The van der Waals surface area contributed by atoms with Crippen molar-refractivity contribution in [3.63, 3.8) is 0 Å². The predicted molar refractivity (Wildman–Crippen MR) is 137 cm³/mol. The van der Waals surface area contributed by atoms with Gasteiger partial charge < -0.3 is 14.6 Å². The summed E-state index contributed by atoms with van der Waals surface area (Å²) in [7, 11) is 3.23. The molecule has 1 aromatic heterocycles. The van der Waals surface area contributed by atoms with E-state index in [-0.39, 0.29) is 0 Å². The first-order valence-corrected chi connectivity index (χ1v) is 11.4. The maximum Gasteiger partial charge on any atom is 0.336 e. The quantitative estimate of drug-likeness (QED) is 0.404. The number of carboxylic acid groups (broad SMARTS) is 1. The van der Waals surface area contributed by atoms with Crippen molar-refractivity contribution in [1.29, 1.82) is 0 Å². The number of aromatic nitrogens is 1. The maximum atomic E-state index is 12.5. The van der Waals surface area contributed by atoms with Crippen LogP contribution < -0.4 is 9.47 Å². The lowest BCUT2D eigenvalue weighted by atomic mass is 9.91. The van der Waals surface area contributed by atoms with Crippen molar-refractivity contribution in [2.75, 3.05) is 20.8 Å². The third-order valence-corrected chi connectivity index (χ3v) is 6.30. The monoisotopic (exact) mass is 466 g/mol. The lowest BCUT2D eigenvalue weighted by molar-refractivity contribution is 0.0696. The number of rotatable bonds is 6. The molecule has 2 heterocycles. The number of carboxylic acids is 1. The van der Waals surface area contributed by atoms with Crippen molar-refractivity contribution in [2.24, 2.45) is 0 Å². The first kappa shape index (κ1) is 22.6. The van der Waals surface area contributed by atoms with E-state index in [0.717, 1.165) is 22.4 Å². The Morgan fingerprint density at radius 3 is 2.49 bits per heavy atom. The Labute approximate surface area is 204 Å². The number of pyridine rings is 1. The van der Waals surface area contributed by atoms with Crippen LogP contribution in [0, 0.1) is 0 Å². The molecule has 0 unspecified atom stereocenters. The van der Waals surface area contributed by atoms with E-state index >= 15 is 0 Å². The molecule has 4 aromatic rings. The molecule has 0 radical (unpaired) electrons. The summed E-state index contributed by atoms with van der Waals surface area (Å²) < 4.78 is 11.1. The molecule has 0 aliphatic carbocycles. The molecule has 1 aliphatic rings. The normalized spacial score (nSPS) is 14.6. The van der Waals surface area contributed by atoms with Gasteiger partial charge in [0.2, 0.25) is 0 Å². The Morgan fingerprint density at radius 1 is 0.971 bits per heavy atom. The number of ether oxygens (including phenoxy) is 2. The van der Waals surface area contributed by atoms with Crippen LogP contribution in [0.15, 0.2) is 72.8 Å². The number of carbonyl (C=O) groups is 1. The van der Waals surface area contributed by atoms with Crippen LogP contribution in [0.5, 0.6) is 11.5 Å². The third kappa shape index (κ3) is 4.36. The number of aromatic carboxylic acids is 1. The largest absolute Gasteiger partial charge is 0.493 e. The van der Waals surface area contributed by atoms with Crippen molar-refractivity contribution in [3.8, 4) is 11.5 Å². The van der Waals surface area contributed by atoms with E-state index in [0.29, 0.717) is 47.6 Å². The Hall–Kier alpha value is -4.16. The molecule has 1 aliphatic heterocycles. The molecule has 6 heteroatoms. The Morgan fingerprint density at radius 2 is 1.74 bits per heavy atom. The second kappa shape index (κ2) is 9.60. The van der Waals surface area contributed by atoms with Crippen molar-refractivity contribution < 1.29 is 19.4 Å². The van der Waals surface area contributed by atoms with Gasteiger partial charge in [-0.15, -0.1) is 0 Å². The zero-order valence-electron chi connectivity index (χ0n) is 19.7. The molecule has 0 amide bonds. The Kier molecular flexibility index (Phi) is 6.21. The minimum Gasteiger partial charge on any atom is -0.493 e. The fourth-order valence-electron chi connectivity index (χ4n) is 4.79. The molecule has 3 aromatic carbocycles. The maximum absolute atomic E-state index is 12.5. The van der Waals surface area contributed by atoms with Gasteiger partial charge in [-0.2, -0.15) is 0 Å². The van der Waals surface area contributed by atoms with Gasteiger partial charge in [-0.25, -0.2) is 9.78 Å². The number of nitrogens with zero attached hydrogens (tertiary/aromatic N) is 2. The minimum atomic E-state index is -0.945. The summed E-state index contributed by atoms with van der Waals surface area (Å²) in [5, 5.41) is 10.9. The fraction of sp³-hybridized carbons (Fsp3) is 0.172. The number of hydrogen-bond acceptors (Lipinski definition) is 5. The molecule has 0 bridgehead atoms. The van der Waals surface area contributed by atoms with Crippen molar-refractivity contribution in [2.45, 2.75) is 13.1 Å². The standard InChI is InChI=1S/C29H26N2O4/c1-34-25-14-8-11-20(28(25)35-2)15-21-17-31(16-19-9-4-3-5-10-19)18-23-26(29(32)33)22-12-6-7-13-24(22)30-27(21)23/h3-15H,16-18H2,1-2H3,(H,32,33)/b21-15+. The average molecular weight is 467 g/mol. The molecule has 1 N–H and O–H groups in total. The van der Waals surface area contributed by atoms with Crippen LogP contribution in [-0.2, 0) is 13.1 Å². The molecular formula is C29H26N2O4. The number of benzene rings is 3. The van der Waals surface area contributed by atoms with Crippen LogP contribution in [0.2, 0.25) is 0 Å². The van der Waals surface area contributed by atoms with Crippen LogP contribution in [-0.4, -0.2) is 41.7 Å². The van der Waals surface area contributed by atoms with E-state index in [4.69, 9.17) is 14.5 Å². The third-order valence-electron chi connectivity index (χ3n) is 6.30. The van der Waals surface area contributed by atoms with E-state index in [9.17, 15) is 9.90 Å². The Balaban J connectivity index is 1.71. The molecular weight excluding hydrogens is 440 g/mol. The van der Waals surface area contributed by atoms with Gasteiger partial charge in [-0.1, -0.05) is 60.7 Å². The van der Waals surface area contributed by atoms with Gasteiger partial charge in [-0.05, 0) is 29.3 Å². The second-order valence-electron chi connectivity index (χ2n) is 8.52. The highest BCUT2D eigenvalue weighted by molar-refractivity contribution is 6.06. The molecule has 6 nitrogen and oxygen atoms in total. The molecule has 176 valence electrons. The van der Waals surface area contributed by atoms with Gasteiger partial charge >= 0.3 is 5.97 Å². The highest BCUT2D eigenvalue weighted by atomic mass is 16.5. The SMILES string of the molecule is COc1cccc(/C=C2\CN(Cc3ccccc3)Cc3c2nc2ccccc2c3C(=O)O)c1OC. The summed E-state index contributed by atoms with van der Waals surface area (Å²) in [6.07, 6.45) is 2.03. The predicted octanol–water partition coefficient (Wildman–Crippen LogP) is 5.51. The van der Waals surface area contributed by atoms with Gasteiger partial charge in [0, 0.05) is 36.1 Å². The molecule has 0 atom stereocenters. The van der Waals surface area contributed by atoms with Crippen LogP contribution in [0.1, 0.15) is 32.7 Å². The van der Waals surface area contributed by atoms with Gasteiger partial charge in [0.25, 0.3) is 0 Å². The van der Waals surface area contributed by atoms with E-state index < -0.39 is 5.97 Å². The zero-order valence-corrected chi connectivity index (χ0v) is 19.7. The topological polar surface area (TPSA) is 71.9 Å². The summed E-state index contributed by atoms with van der Waals surface area (Å²) in [4.78, 5) is 19.7. The zero-order chi connectivity index (χ0) is 24.4. The number of hydrogen-bond donors (Lipinski definition) is 1. The highest BCUT2D eigenvalue weighted by Crippen LogP contribution is 2.37. The smallest absolute Gasteiger partial charge is 0.336 e. The lowest BCUT2D eigenvalue weighted by Gasteiger charge is -2.31. The van der Waals surface area contributed by atoms with Gasteiger partial charge in [0.05, 0.1) is 31.0 Å². The highest BCUT2D eigenvalue weighted by Gasteiger charge is 2.29. The summed E-state index contributed by atoms with van der Waals surface area (Å²) in [6.45, 7) is 1.81. The fourth-order valence-corrected chi connectivity index (χ4v) is 4.79. The van der Waals surface area contributed by atoms with E-state index in [2.05, 4.69) is 17.0 Å². The van der Waals surface area contributed by atoms with Gasteiger partial charge in [0.15, 0.2) is 11.5 Å². The first-order chi connectivity index (χ1) is 17.1. The average Bonchev–Trinajstić information content (AvgIpc) is 2.87. The minimum absolute atomic E-state index is 0.312. The summed E-state index contributed by atoms with van der Waals surface area (Å²) in [5.74, 6) is 0.319. The Bertz CT molecular complexity index is 1430. The number of fused-ring (bicyclic) bond motifs is 2. The molecule has 0 fully saturated rings. The lowest BCUT2D eigenvalue weighted by Crippen LogP contribution is -2.31. The van der Waals surface area contributed by atoms with E-state index in [1.165, 1.54) is 5.56 Å². The van der Waals surface area contributed by atoms with Crippen LogP contribution in [0.25, 0.3) is 22.6 Å². The van der Waals surface area contributed by atoms with Crippen LogP contribution in [0.3, 0.4) is 0 Å².